The topological polar surface area (TPSA) is 97.4 Å². The molecule has 6 nitrogen and oxygen atoms in total. The van der Waals surface area contributed by atoms with E-state index in [4.69, 9.17) is 28.9 Å². The number of nitrogens with two attached hydrogens (primary N) is 1. The Balaban J connectivity index is 1.96. The van der Waals surface area contributed by atoms with E-state index in [2.05, 4.69) is 21.2 Å². The molecule has 0 aromatic carbocycles. The lowest BCUT2D eigenvalue weighted by Gasteiger charge is -2.40. The van der Waals surface area contributed by atoms with E-state index in [0.29, 0.717) is 20.6 Å². The highest BCUT2D eigenvalue weighted by Crippen LogP contribution is 2.43. The van der Waals surface area contributed by atoms with Gasteiger partial charge in [0.25, 0.3) is 5.91 Å². The first-order chi connectivity index (χ1) is 12.9. The van der Waals surface area contributed by atoms with E-state index < -0.39 is 19.8 Å². The van der Waals surface area contributed by atoms with Crippen LogP contribution in [0.2, 0.25) is 10.2 Å². The number of amidine groups is 1. The second-order valence-corrected chi connectivity index (χ2v) is 12.1. The van der Waals surface area contributed by atoms with Crippen molar-refractivity contribution < 1.29 is 9.00 Å². The molecule has 1 aliphatic rings. The third-order valence-corrected chi connectivity index (χ3v) is 9.89. The fraction of sp³-hybridized carbons (Fsp3) is 0.333. The number of anilines is 1. The molecule has 2 aromatic rings. The minimum Gasteiger partial charge on any atom is -0.386 e. The minimum atomic E-state index is -2.58. The lowest BCUT2D eigenvalue weighted by Crippen LogP contribution is -2.54. The summed E-state index contributed by atoms with van der Waals surface area (Å²) in [5, 5.41) is 3.32. The van der Waals surface area contributed by atoms with Crippen molar-refractivity contribution in [1.82, 2.24) is 4.98 Å². The molecule has 1 unspecified atom stereocenters. The zero-order valence-electron chi connectivity index (χ0n) is 15.6. The maximum absolute atomic E-state index is 13.2. The van der Waals surface area contributed by atoms with Crippen LogP contribution in [-0.2, 0) is 15.1 Å². The van der Waals surface area contributed by atoms with E-state index in [0.717, 1.165) is 0 Å². The van der Waals surface area contributed by atoms with Gasteiger partial charge in [-0.25, -0.2) is 4.98 Å². The van der Waals surface area contributed by atoms with Gasteiger partial charge >= 0.3 is 0 Å². The van der Waals surface area contributed by atoms with E-state index in [9.17, 15) is 9.00 Å². The highest BCUT2D eigenvalue weighted by atomic mass is 35.5. The molecule has 0 spiro atoms. The fourth-order valence-electron chi connectivity index (χ4n) is 2.88. The average molecular weight is 459 g/mol. The number of aliphatic imine (C=N–C) groups is 1. The molecule has 0 aliphatic carbocycles. The van der Waals surface area contributed by atoms with Gasteiger partial charge in [-0.3, -0.25) is 14.0 Å². The van der Waals surface area contributed by atoms with Gasteiger partial charge in [0.15, 0.2) is 0 Å². The first kappa shape index (κ1) is 21.1. The molecule has 0 fully saturated rings. The van der Waals surface area contributed by atoms with E-state index in [-0.39, 0.29) is 22.6 Å². The van der Waals surface area contributed by atoms with Crippen LogP contribution in [-0.4, -0.2) is 37.3 Å². The molecular formula is C18H20Cl2N4O2S2. The molecule has 3 rings (SSSR count). The summed E-state index contributed by atoms with van der Waals surface area (Å²) in [6.45, 7) is 5.35. The van der Waals surface area contributed by atoms with Crippen LogP contribution >= 0.6 is 34.5 Å². The molecule has 0 saturated heterocycles. The third-order valence-electron chi connectivity index (χ3n) is 4.78. The first-order valence-corrected chi connectivity index (χ1v) is 11.8. The molecule has 2 aromatic heterocycles. The number of hydrogen-bond donors (Lipinski definition) is 2. The monoisotopic (exact) mass is 458 g/mol. The number of rotatable bonds is 3. The van der Waals surface area contributed by atoms with Gasteiger partial charge in [0.05, 0.1) is 19.5 Å². The van der Waals surface area contributed by atoms with Gasteiger partial charge in [-0.05, 0) is 54.4 Å². The Morgan fingerprint density at radius 1 is 1.36 bits per heavy atom. The number of nitrogens with one attached hydrogen (secondary N) is 1. The minimum absolute atomic E-state index is 0.185. The Hall–Kier alpha value is -1.61. The van der Waals surface area contributed by atoms with Gasteiger partial charge in [0.2, 0.25) is 0 Å². The van der Waals surface area contributed by atoms with Crippen molar-refractivity contribution in [2.75, 3.05) is 11.1 Å². The predicted molar refractivity (Wildman–Crippen MR) is 120 cm³/mol. The normalized spacial score (nSPS) is 26.5. The molecule has 3 heterocycles. The number of aromatic nitrogens is 1. The van der Waals surface area contributed by atoms with Crippen molar-refractivity contribution >= 4 is 67.5 Å². The highest BCUT2D eigenvalue weighted by Gasteiger charge is 2.46. The smallest absolute Gasteiger partial charge is 0.266 e. The summed E-state index contributed by atoms with van der Waals surface area (Å²) in [5.41, 5.74) is 5.20. The van der Waals surface area contributed by atoms with Gasteiger partial charge in [0.1, 0.15) is 22.3 Å². The third kappa shape index (κ3) is 3.66. The quantitative estimate of drug-likeness (QED) is 0.539. The summed E-state index contributed by atoms with van der Waals surface area (Å²) in [5.74, 6) is 4.32. The second kappa shape index (κ2) is 7.02. The molecule has 1 amide bonds. The standard InChI is InChI=1S/C18H20Cl2N4O2S2/c1-17(2)16(21)24-18(3,9-28(17,4)26)14-10(19)8-11(27-14)15(25)23-13-7-5-6-12(20)22-13/h5-8H,4,9H2,1-3H3,(H2,21,24)(H,22,23,25)/t18-,28?/m0/s1. The van der Waals surface area contributed by atoms with Crippen LogP contribution in [0.3, 0.4) is 0 Å². The van der Waals surface area contributed by atoms with Gasteiger partial charge in [-0.1, -0.05) is 29.3 Å². The molecule has 3 N–H and O–H groups in total. The summed E-state index contributed by atoms with van der Waals surface area (Å²) in [4.78, 5) is 22.2. The van der Waals surface area contributed by atoms with Crippen LogP contribution in [0.5, 0.6) is 0 Å². The van der Waals surface area contributed by atoms with E-state index in [1.165, 1.54) is 11.3 Å². The largest absolute Gasteiger partial charge is 0.386 e. The number of hydrogen-bond acceptors (Lipinski definition) is 6. The molecule has 28 heavy (non-hydrogen) atoms. The summed E-state index contributed by atoms with van der Waals surface area (Å²) in [6.07, 6.45) is 0. The summed E-state index contributed by atoms with van der Waals surface area (Å²) in [6, 6.07) is 6.49. The highest BCUT2D eigenvalue weighted by molar-refractivity contribution is 8.02. The molecule has 150 valence electrons. The van der Waals surface area contributed by atoms with Crippen molar-refractivity contribution in [3.63, 3.8) is 0 Å². The van der Waals surface area contributed by atoms with E-state index in [1.807, 2.05) is 0 Å². The molecule has 1 aliphatic heterocycles. The second-order valence-electron chi connectivity index (χ2n) is 7.32. The van der Waals surface area contributed by atoms with Crippen molar-refractivity contribution in [2.24, 2.45) is 10.7 Å². The number of thiophene rings is 1. The lowest BCUT2D eigenvalue weighted by molar-refractivity contribution is 0.103. The predicted octanol–water partition coefficient (Wildman–Crippen LogP) is 3.78. The Morgan fingerprint density at radius 2 is 2.04 bits per heavy atom. The van der Waals surface area contributed by atoms with Gasteiger partial charge in [0, 0.05) is 5.75 Å². The Morgan fingerprint density at radius 3 is 2.64 bits per heavy atom. The maximum atomic E-state index is 13.2. The number of carbonyl (C=O) groups excluding carboxylic acids is 1. The average Bonchev–Trinajstić information content (AvgIpc) is 2.96. The Kier molecular flexibility index (Phi) is 5.29. The zero-order valence-corrected chi connectivity index (χ0v) is 18.7. The Labute approximate surface area is 178 Å². The number of amides is 1. The van der Waals surface area contributed by atoms with Crippen molar-refractivity contribution in [3.8, 4) is 0 Å². The van der Waals surface area contributed by atoms with E-state index in [1.54, 1.807) is 45.0 Å². The maximum Gasteiger partial charge on any atom is 0.266 e. The number of halogens is 2. The molecule has 10 heteroatoms. The Bertz CT molecular complexity index is 1090. The van der Waals surface area contributed by atoms with Gasteiger partial charge < -0.3 is 11.1 Å². The number of pyridine rings is 1. The van der Waals surface area contributed by atoms with Crippen LogP contribution < -0.4 is 11.1 Å². The number of carbonyl (C=O) groups is 1. The molecule has 0 bridgehead atoms. The summed E-state index contributed by atoms with van der Waals surface area (Å²) < 4.78 is 12.4. The van der Waals surface area contributed by atoms with Crippen LogP contribution in [0.1, 0.15) is 35.3 Å². The fourth-order valence-corrected chi connectivity index (χ4v) is 6.57. The van der Waals surface area contributed by atoms with Crippen LogP contribution in [0.15, 0.2) is 29.3 Å². The summed E-state index contributed by atoms with van der Waals surface area (Å²) >= 11 is 13.4. The summed E-state index contributed by atoms with van der Waals surface area (Å²) in [7, 11) is -2.58. The van der Waals surface area contributed by atoms with Crippen LogP contribution in [0.25, 0.3) is 0 Å². The molecule has 0 radical (unpaired) electrons. The van der Waals surface area contributed by atoms with Crippen molar-refractivity contribution in [3.05, 3.63) is 44.2 Å². The van der Waals surface area contributed by atoms with Crippen LogP contribution in [0, 0.1) is 0 Å². The van der Waals surface area contributed by atoms with Crippen molar-refractivity contribution in [1.29, 1.82) is 0 Å². The molecule has 2 atom stereocenters. The van der Waals surface area contributed by atoms with Gasteiger partial charge in [-0.2, -0.15) is 0 Å². The SMILES string of the molecule is C=S1(=O)C[C@@](C)(c2sc(C(=O)Nc3cccc(Cl)n3)cc2Cl)N=C(N)C1(C)C. The lowest BCUT2D eigenvalue weighted by atomic mass is 10.0. The zero-order chi connectivity index (χ0) is 20.9. The van der Waals surface area contributed by atoms with Crippen LogP contribution in [0.4, 0.5) is 5.82 Å². The van der Waals surface area contributed by atoms with Crippen molar-refractivity contribution in [2.45, 2.75) is 31.1 Å². The van der Waals surface area contributed by atoms with Gasteiger partial charge in [-0.15, -0.1) is 11.3 Å². The number of nitrogens with zero attached hydrogens (tertiary/aromatic N) is 2. The molecule has 0 saturated carbocycles. The first-order valence-electron chi connectivity index (χ1n) is 8.30. The van der Waals surface area contributed by atoms with E-state index >= 15 is 0 Å². The molecular weight excluding hydrogens is 439 g/mol.